The van der Waals surface area contributed by atoms with Crippen molar-refractivity contribution in [3.63, 3.8) is 0 Å². The number of nitrogens with one attached hydrogen (secondary N) is 2. The highest BCUT2D eigenvalue weighted by atomic mass is 32.1. The molecule has 3 atom stereocenters. The minimum Gasteiger partial charge on any atom is -0.444 e. The number of ether oxygens (including phenoxy) is 1. The summed E-state index contributed by atoms with van der Waals surface area (Å²) in [6, 6.07) is 4.32. The summed E-state index contributed by atoms with van der Waals surface area (Å²) in [6.07, 6.45) is -0.614. The van der Waals surface area contributed by atoms with Crippen LogP contribution in [0, 0.1) is 19.3 Å². The maximum absolute atomic E-state index is 14.2. The number of amides is 3. The highest BCUT2D eigenvalue weighted by Crippen LogP contribution is 2.39. The van der Waals surface area contributed by atoms with E-state index in [-0.39, 0.29) is 36.0 Å². The van der Waals surface area contributed by atoms with E-state index in [1.165, 1.54) is 0 Å². The van der Waals surface area contributed by atoms with E-state index in [2.05, 4.69) is 56.4 Å². The van der Waals surface area contributed by atoms with Crippen LogP contribution in [0.3, 0.4) is 0 Å². The molecule has 1 radical (unpaired) electrons. The zero-order chi connectivity index (χ0) is 34.1. The van der Waals surface area contributed by atoms with E-state index in [4.69, 9.17) is 9.16 Å². The van der Waals surface area contributed by atoms with Crippen molar-refractivity contribution in [2.45, 2.75) is 124 Å². The third-order valence-corrected chi connectivity index (χ3v) is 14.1. The van der Waals surface area contributed by atoms with E-state index < -0.39 is 37.5 Å². The van der Waals surface area contributed by atoms with Gasteiger partial charge in [0.2, 0.25) is 11.8 Å². The number of thiazole rings is 1. The molecule has 2 heterocycles. The van der Waals surface area contributed by atoms with E-state index in [0.717, 1.165) is 27.3 Å². The first-order valence-electron chi connectivity index (χ1n) is 15.6. The molecule has 1 saturated heterocycles. The van der Waals surface area contributed by atoms with Gasteiger partial charge in [-0.2, -0.15) is 0 Å². The Morgan fingerprint density at radius 1 is 1.11 bits per heavy atom. The lowest BCUT2D eigenvalue weighted by Crippen LogP contribution is -2.58. The zero-order valence-corrected chi connectivity index (χ0v) is 31.0. The number of benzene rings is 1. The van der Waals surface area contributed by atoms with Crippen molar-refractivity contribution in [1.29, 1.82) is 0 Å². The predicted octanol–water partition coefficient (Wildman–Crippen LogP) is 6.85. The van der Waals surface area contributed by atoms with Crippen molar-refractivity contribution >= 4 is 37.6 Å². The van der Waals surface area contributed by atoms with Crippen LogP contribution in [-0.4, -0.2) is 66.4 Å². The molecule has 45 heavy (non-hydrogen) atoms. The molecule has 3 amide bonds. The summed E-state index contributed by atoms with van der Waals surface area (Å²) >= 11 is 1.58. The van der Waals surface area contributed by atoms with Gasteiger partial charge in [0.1, 0.15) is 17.7 Å². The second-order valence-electron chi connectivity index (χ2n) is 15.7. The molecule has 2 aromatic rings. The largest absolute Gasteiger partial charge is 0.444 e. The lowest BCUT2D eigenvalue weighted by molar-refractivity contribution is -0.142. The minimum atomic E-state index is -2.20. The molecule has 3 rings (SSSR count). The molecule has 1 aliphatic heterocycles. The Balaban J connectivity index is 1.85. The Bertz CT molecular complexity index is 1390. The number of carbonyl (C=O) groups is 3. The molecule has 9 nitrogen and oxygen atoms in total. The van der Waals surface area contributed by atoms with E-state index >= 15 is 0 Å². The van der Waals surface area contributed by atoms with Crippen LogP contribution in [0.15, 0.2) is 23.7 Å². The number of aryl methyl sites for hydroxylation is 1. The Hall–Kier alpha value is -2.76. The summed E-state index contributed by atoms with van der Waals surface area (Å²) in [5.41, 5.74) is 4.17. The third-order valence-electron chi connectivity index (χ3n) is 8.56. The molecule has 0 bridgehead atoms. The summed E-state index contributed by atoms with van der Waals surface area (Å²) in [5.74, 6) is -0.603. The number of hydrogen-bond acceptors (Lipinski definition) is 7. The normalized spacial score (nSPS) is 18.5. The summed E-state index contributed by atoms with van der Waals surface area (Å²) in [7, 11) is -2.20. The van der Waals surface area contributed by atoms with Gasteiger partial charge in [-0.15, -0.1) is 11.3 Å². The van der Waals surface area contributed by atoms with Gasteiger partial charge in [-0.05, 0) is 80.9 Å². The van der Waals surface area contributed by atoms with Crippen LogP contribution in [-0.2, 0) is 25.3 Å². The smallest absolute Gasteiger partial charge is 0.408 e. The fourth-order valence-electron chi connectivity index (χ4n) is 5.03. The van der Waals surface area contributed by atoms with Gasteiger partial charge in [-0.25, -0.2) is 9.78 Å². The van der Waals surface area contributed by atoms with Crippen LogP contribution < -0.4 is 10.6 Å². The van der Waals surface area contributed by atoms with Crippen molar-refractivity contribution in [1.82, 2.24) is 20.5 Å². The molecule has 2 N–H and O–H groups in total. The third kappa shape index (κ3) is 9.39. The number of nitrogens with zero attached hydrogens (tertiary/aromatic N) is 2. The molecule has 1 fully saturated rings. The Labute approximate surface area is 275 Å². The van der Waals surface area contributed by atoms with Crippen molar-refractivity contribution in [3.8, 4) is 10.4 Å². The number of alkyl carbamates (subject to hydrolysis) is 1. The van der Waals surface area contributed by atoms with Crippen molar-refractivity contribution < 1.29 is 23.5 Å². The number of aromatic nitrogens is 1. The van der Waals surface area contributed by atoms with Gasteiger partial charge in [0.25, 0.3) is 0 Å². The van der Waals surface area contributed by atoms with Crippen molar-refractivity contribution in [2.24, 2.45) is 5.41 Å². The summed E-state index contributed by atoms with van der Waals surface area (Å²) in [4.78, 5) is 47.9. The second kappa shape index (κ2) is 13.5. The van der Waals surface area contributed by atoms with Crippen LogP contribution in [0.4, 0.5) is 4.79 Å². The maximum Gasteiger partial charge on any atom is 0.408 e. The SMILES string of the molecule is [CH2]c1cc(-c2scnc2C)ccc1CNC(=O)[C@@H]1C[C@@H](O[Si](C)(C)C(C)(C)C)CN1C(=O)[C@@H](NC(=O)OC(C)(C)C)C(C)(C)C. The average Bonchev–Trinajstić information content (AvgIpc) is 3.49. The maximum atomic E-state index is 14.2. The van der Waals surface area contributed by atoms with Crippen LogP contribution in [0.25, 0.3) is 10.4 Å². The highest BCUT2D eigenvalue weighted by molar-refractivity contribution is 7.13. The monoisotopic (exact) mass is 657 g/mol. The minimum absolute atomic E-state index is 0.0389. The number of likely N-dealkylation sites (tertiary alicyclic amines) is 1. The quantitative estimate of drug-likeness (QED) is 0.301. The molecular formula is C34H53N4O5SSi. The fraction of sp³-hybridized carbons (Fsp3) is 0.618. The molecule has 11 heteroatoms. The highest BCUT2D eigenvalue weighted by Gasteiger charge is 2.48. The van der Waals surface area contributed by atoms with E-state index in [1.807, 2.05) is 51.4 Å². The zero-order valence-electron chi connectivity index (χ0n) is 29.2. The molecule has 0 aliphatic carbocycles. The van der Waals surface area contributed by atoms with Crippen LogP contribution in [0.1, 0.15) is 85.6 Å². The predicted molar refractivity (Wildman–Crippen MR) is 183 cm³/mol. The van der Waals surface area contributed by atoms with E-state index in [0.29, 0.717) is 6.42 Å². The molecule has 0 spiro atoms. The van der Waals surface area contributed by atoms with E-state index in [1.54, 1.807) is 37.0 Å². The van der Waals surface area contributed by atoms with Gasteiger partial charge in [-0.1, -0.05) is 53.7 Å². The number of carbonyl (C=O) groups excluding carboxylic acids is 3. The van der Waals surface area contributed by atoms with Gasteiger partial charge >= 0.3 is 6.09 Å². The Morgan fingerprint density at radius 2 is 1.76 bits per heavy atom. The summed E-state index contributed by atoms with van der Waals surface area (Å²) in [6.45, 7) is 28.5. The Morgan fingerprint density at radius 3 is 2.27 bits per heavy atom. The molecule has 1 aliphatic rings. The first-order chi connectivity index (χ1) is 20.5. The van der Waals surface area contributed by atoms with Crippen LogP contribution in [0.2, 0.25) is 18.1 Å². The second-order valence-corrected chi connectivity index (χ2v) is 21.3. The molecule has 249 valence electrons. The van der Waals surface area contributed by atoms with Gasteiger partial charge in [0.05, 0.1) is 22.2 Å². The molecule has 1 aromatic carbocycles. The lowest BCUT2D eigenvalue weighted by Gasteiger charge is -2.38. The van der Waals surface area contributed by atoms with Crippen LogP contribution >= 0.6 is 11.3 Å². The summed E-state index contributed by atoms with van der Waals surface area (Å²) in [5, 5.41) is 5.81. The standard InChI is InChI=1S/C34H53N4O5SSi/c1-21-16-23(27-22(2)36-20-44-27)14-15-24(21)18-35-29(39)26-17-25(43-45(12,13)34(9,10)11)19-38(26)30(40)28(32(3,4)5)37-31(41)42-33(6,7)8/h14-16,20,25-26,28H,1,17-19H2,2-13H3,(H,35,39)(H,37,41)/t25-,26+,28-/m1/s1. The first-order valence-corrected chi connectivity index (χ1v) is 19.4. The van der Waals surface area contributed by atoms with Gasteiger partial charge in [0, 0.05) is 19.5 Å². The summed E-state index contributed by atoms with van der Waals surface area (Å²) < 4.78 is 12.2. The molecule has 0 saturated carbocycles. The number of hydrogen-bond donors (Lipinski definition) is 2. The van der Waals surface area contributed by atoms with Gasteiger partial charge in [0.15, 0.2) is 8.32 Å². The topological polar surface area (TPSA) is 110 Å². The van der Waals surface area contributed by atoms with Crippen molar-refractivity contribution in [3.05, 3.63) is 47.5 Å². The van der Waals surface area contributed by atoms with Gasteiger partial charge in [-0.3, -0.25) is 9.59 Å². The lowest BCUT2D eigenvalue weighted by atomic mass is 9.85. The average molecular weight is 658 g/mol. The fourth-order valence-corrected chi connectivity index (χ4v) is 7.19. The first kappa shape index (κ1) is 36.7. The van der Waals surface area contributed by atoms with Gasteiger partial charge < -0.3 is 24.7 Å². The molecule has 1 aromatic heterocycles. The number of rotatable bonds is 8. The van der Waals surface area contributed by atoms with Crippen molar-refractivity contribution in [2.75, 3.05) is 6.54 Å². The molecule has 0 unspecified atom stereocenters. The Kier molecular flexibility index (Phi) is 11.0. The van der Waals surface area contributed by atoms with E-state index in [9.17, 15) is 14.4 Å². The van der Waals surface area contributed by atoms with Crippen LogP contribution in [0.5, 0.6) is 0 Å². The molecular weight excluding hydrogens is 605 g/mol.